The minimum atomic E-state index is 0.523. The van der Waals surface area contributed by atoms with Crippen molar-refractivity contribution in [2.24, 2.45) is 0 Å². The normalized spacial score (nSPS) is 8.50. The van der Waals surface area contributed by atoms with E-state index in [1.807, 2.05) is 6.07 Å². The monoisotopic (exact) mass is 106 g/mol. The average Bonchev–Trinajstić information content (AvgIpc) is 2.14. The molecule has 0 fully saturated rings. The Labute approximate surface area is 47.3 Å². The van der Waals surface area contributed by atoms with Crippen molar-refractivity contribution in [2.75, 3.05) is 0 Å². The molecule has 2 nitrogen and oxygen atoms in total. The van der Waals surface area contributed by atoms with Crippen molar-refractivity contribution < 1.29 is 4.42 Å². The van der Waals surface area contributed by atoms with Gasteiger partial charge in [-0.3, -0.25) is 0 Å². The fourth-order valence-electron chi connectivity index (χ4n) is 0.439. The second kappa shape index (κ2) is 1.71. The lowest BCUT2D eigenvalue weighted by atomic mass is 10.3. The Bertz CT molecular complexity index is 219. The van der Waals surface area contributed by atoms with Gasteiger partial charge in [0.25, 0.3) is 0 Å². The lowest BCUT2D eigenvalue weighted by Gasteiger charge is -1.68. The zero-order valence-corrected chi connectivity index (χ0v) is 4.22. The van der Waals surface area contributed by atoms with E-state index in [4.69, 9.17) is 9.68 Å². The van der Waals surface area contributed by atoms with Gasteiger partial charge in [0.15, 0.2) is 0 Å². The molecule has 0 unspecified atom stereocenters. The molecule has 0 aromatic carbocycles. The Hall–Kier alpha value is -1.23. The number of nitrogens with zero attached hydrogens (tertiary/aromatic N) is 1. The zero-order chi connectivity index (χ0) is 5.98. The maximum absolute atomic E-state index is 8.21. The van der Waals surface area contributed by atoms with Crippen LogP contribution in [0, 0.1) is 18.3 Å². The van der Waals surface area contributed by atoms with E-state index in [0.29, 0.717) is 11.3 Å². The molecule has 39 valence electrons. The van der Waals surface area contributed by atoms with Gasteiger partial charge in [-0.05, 0) is 6.07 Å². The summed E-state index contributed by atoms with van der Waals surface area (Å²) in [6, 6.07) is 3.50. The molecule has 1 aromatic rings. The summed E-state index contributed by atoms with van der Waals surface area (Å²) in [6.07, 6.45) is 1.38. The van der Waals surface area contributed by atoms with Crippen LogP contribution in [0.1, 0.15) is 11.3 Å². The maximum atomic E-state index is 8.21. The smallest absolute Gasteiger partial charge is 0.108 e. The number of hydrogen-bond acceptors (Lipinski definition) is 2. The number of hydrogen-bond donors (Lipinski definition) is 0. The first-order valence-electron chi connectivity index (χ1n) is 2.13. The van der Waals surface area contributed by atoms with Gasteiger partial charge in [0.05, 0.1) is 5.56 Å². The fraction of sp³-hybridized carbons (Fsp3) is 0. The van der Waals surface area contributed by atoms with E-state index in [9.17, 15) is 0 Å². The standard InChI is InChI=1S/C6H4NO/c1-5-2-6(3-7)4-8-5/h2,4H,1H2. The fourth-order valence-corrected chi connectivity index (χ4v) is 0.439. The molecule has 1 aromatic heterocycles. The third-order valence-corrected chi connectivity index (χ3v) is 0.783. The largest absolute Gasteiger partial charge is 0.468 e. The van der Waals surface area contributed by atoms with Crippen molar-refractivity contribution in [3.63, 3.8) is 0 Å². The van der Waals surface area contributed by atoms with Gasteiger partial charge >= 0.3 is 0 Å². The summed E-state index contributed by atoms with van der Waals surface area (Å²) in [4.78, 5) is 0. The van der Waals surface area contributed by atoms with Crippen LogP contribution in [0.4, 0.5) is 0 Å². The molecule has 1 rings (SSSR count). The van der Waals surface area contributed by atoms with Crippen LogP contribution in [0.15, 0.2) is 16.7 Å². The van der Waals surface area contributed by atoms with Crippen molar-refractivity contribution in [1.29, 1.82) is 5.26 Å². The summed E-state index contributed by atoms with van der Waals surface area (Å²) in [5.41, 5.74) is 0.523. The lowest BCUT2D eigenvalue weighted by molar-refractivity contribution is 0.548. The first-order chi connectivity index (χ1) is 3.83. The summed E-state index contributed by atoms with van der Waals surface area (Å²) >= 11 is 0. The molecule has 0 N–H and O–H groups in total. The summed E-state index contributed by atoms with van der Waals surface area (Å²) in [5.74, 6) is 0.529. The van der Waals surface area contributed by atoms with Gasteiger partial charge in [-0.2, -0.15) is 5.26 Å². The van der Waals surface area contributed by atoms with E-state index in [2.05, 4.69) is 6.92 Å². The van der Waals surface area contributed by atoms with E-state index in [1.165, 1.54) is 6.26 Å². The second-order valence-electron chi connectivity index (χ2n) is 1.41. The van der Waals surface area contributed by atoms with Crippen LogP contribution in [-0.2, 0) is 0 Å². The van der Waals surface area contributed by atoms with E-state index in [0.717, 1.165) is 0 Å². The molecular formula is C6H4NO. The van der Waals surface area contributed by atoms with Gasteiger partial charge in [0, 0.05) is 6.92 Å². The molecule has 0 atom stereocenters. The van der Waals surface area contributed by atoms with Crippen molar-refractivity contribution in [3.8, 4) is 6.07 Å². The van der Waals surface area contributed by atoms with Crippen LogP contribution in [0.25, 0.3) is 0 Å². The first kappa shape index (κ1) is 4.92. The van der Waals surface area contributed by atoms with Gasteiger partial charge in [0.1, 0.15) is 18.1 Å². The SMILES string of the molecule is [CH2]c1cc(C#N)co1. The maximum Gasteiger partial charge on any atom is 0.108 e. The summed E-state index contributed by atoms with van der Waals surface area (Å²) in [5, 5.41) is 8.21. The van der Waals surface area contributed by atoms with Crippen LogP contribution in [0.5, 0.6) is 0 Å². The molecule has 0 aliphatic heterocycles. The Morgan fingerprint density at radius 2 is 2.50 bits per heavy atom. The van der Waals surface area contributed by atoms with Crippen molar-refractivity contribution in [2.45, 2.75) is 0 Å². The van der Waals surface area contributed by atoms with Crippen LogP contribution in [-0.4, -0.2) is 0 Å². The molecule has 8 heavy (non-hydrogen) atoms. The third kappa shape index (κ3) is 0.710. The van der Waals surface area contributed by atoms with E-state index >= 15 is 0 Å². The number of furan rings is 1. The van der Waals surface area contributed by atoms with Crippen molar-refractivity contribution in [3.05, 3.63) is 30.6 Å². The van der Waals surface area contributed by atoms with Gasteiger partial charge in [-0.1, -0.05) is 0 Å². The van der Waals surface area contributed by atoms with Gasteiger partial charge in [0.2, 0.25) is 0 Å². The minimum absolute atomic E-state index is 0.523. The predicted octanol–water partition coefficient (Wildman–Crippen LogP) is 1.33. The highest BCUT2D eigenvalue weighted by Crippen LogP contribution is 2.02. The topological polar surface area (TPSA) is 36.9 Å². The summed E-state index contributed by atoms with van der Waals surface area (Å²) in [6.45, 7) is 3.47. The lowest BCUT2D eigenvalue weighted by Crippen LogP contribution is -1.57. The quantitative estimate of drug-likeness (QED) is 0.500. The molecule has 1 radical (unpaired) electrons. The molecule has 0 amide bonds. The van der Waals surface area contributed by atoms with Crippen LogP contribution in [0.2, 0.25) is 0 Å². The Morgan fingerprint density at radius 3 is 2.75 bits per heavy atom. The summed E-state index contributed by atoms with van der Waals surface area (Å²) in [7, 11) is 0. The highest BCUT2D eigenvalue weighted by Gasteiger charge is 1.91. The van der Waals surface area contributed by atoms with Gasteiger partial charge < -0.3 is 4.42 Å². The molecule has 0 spiro atoms. The van der Waals surface area contributed by atoms with Gasteiger partial charge in [-0.25, -0.2) is 0 Å². The number of nitriles is 1. The Balaban J connectivity index is 3.05. The van der Waals surface area contributed by atoms with Crippen molar-refractivity contribution in [1.82, 2.24) is 0 Å². The molecule has 0 saturated carbocycles. The minimum Gasteiger partial charge on any atom is -0.468 e. The van der Waals surface area contributed by atoms with Crippen molar-refractivity contribution >= 4 is 0 Å². The molecular weight excluding hydrogens is 102 g/mol. The first-order valence-corrected chi connectivity index (χ1v) is 2.13. The highest BCUT2D eigenvalue weighted by atomic mass is 16.3. The molecule has 0 aliphatic rings. The zero-order valence-electron chi connectivity index (χ0n) is 4.22. The highest BCUT2D eigenvalue weighted by molar-refractivity contribution is 5.27. The molecule has 0 bridgehead atoms. The Morgan fingerprint density at radius 1 is 1.75 bits per heavy atom. The van der Waals surface area contributed by atoms with Crippen LogP contribution < -0.4 is 0 Å². The van der Waals surface area contributed by atoms with E-state index in [1.54, 1.807) is 6.07 Å². The Kier molecular flexibility index (Phi) is 1.05. The molecule has 2 heteroatoms. The molecule has 0 aliphatic carbocycles. The number of rotatable bonds is 0. The third-order valence-electron chi connectivity index (χ3n) is 0.783. The average molecular weight is 106 g/mol. The second-order valence-corrected chi connectivity index (χ2v) is 1.41. The van der Waals surface area contributed by atoms with E-state index < -0.39 is 0 Å². The summed E-state index contributed by atoms with van der Waals surface area (Å²) < 4.78 is 4.72. The molecule has 0 saturated heterocycles. The van der Waals surface area contributed by atoms with Crippen LogP contribution in [0.3, 0.4) is 0 Å². The van der Waals surface area contributed by atoms with E-state index in [-0.39, 0.29) is 0 Å². The van der Waals surface area contributed by atoms with Gasteiger partial charge in [-0.15, -0.1) is 0 Å². The predicted molar refractivity (Wildman–Crippen MR) is 27.9 cm³/mol. The van der Waals surface area contributed by atoms with Crippen LogP contribution >= 0.6 is 0 Å². The molecule has 1 heterocycles.